The molecule has 0 N–H and O–H groups in total. The molecule has 0 spiro atoms. The Morgan fingerprint density at radius 3 is 2.44 bits per heavy atom. The standard InChI is InChI=1S/C16H22O2/c1-2-3-4-5-6-7-11-14-18-16(17)15-12-9-8-10-13-15/h2,8-10,12-13H,1,3-7,11,14H2. The second-order valence-electron chi connectivity index (χ2n) is 4.35. The van der Waals surface area contributed by atoms with Gasteiger partial charge in [0, 0.05) is 0 Å². The Bertz CT molecular complexity index is 343. The molecule has 18 heavy (non-hydrogen) atoms. The molecule has 1 aromatic rings. The Morgan fingerprint density at radius 1 is 1.06 bits per heavy atom. The van der Waals surface area contributed by atoms with Crippen molar-refractivity contribution in [1.82, 2.24) is 0 Å². The van der Waals surface area contributed by atoms with Crippen LogP contribution in [0.5, 0.6) is 0 Å². The predicted octanol–water partition coefficient (Wildman–Crippen LogP) is 4.37. The normalized spacial score (nSPS) is 10.0. The second-order valence-corrected chi connectivity index (χ2v) is 4.35. The van der Waals surface area contributed by atoms with Crippen LogP contribution in [-0.4, -0.2) is 12.6 Å². The number of allylic oxidation sites excluding steroid dienone is 1. The molecule has 0 heterocycles. The summed E-state index contributed by atoms with van der Waals surface area (Å²) >= 11 is 0. The van der Waals surface area contributed by atoms with Gasteiger partial charge in [-0.1, -0.05) is 43.5 Å². The van der Waals surface area contributed by atoms with Crippen molar-refractivity contribution in [3.63, 3.8) is 0 Å². The number of hydrogen-bond acceptors (Lipinski definition) is 2. The van der Waals surface area contributed by atoms with Crippen LogP contribution in [0.25, 0.3) is 0 Å². The highest BCUT2D eigenvalue weighted by molar-refractivity contribution is 5.89. The zero-order valence-electron chi connectivity index (χ0n) is 10.9. The van der Waals surface area contributed by atoms with E-state index in [9.17, 15) is 4.79 Å². The number of esters is 1. The third-order valence-electron chi connectivity index (χ3n) is 2.80. The van der Waals surface area contributed by atoms with Crippen LogP contribution < -0.4 is 0 Å². The van der Waals surface area contributed by atoms with Crippen molar-refractivity contribution in [2.75, 3.05) is 6.61 Å². The van der Waals surface area contributed by atoms with Gasteiger partial charge in [0.05, 0.1) is 12.2 Å². The lowest BCUT2D eigenvalue weighted by atomic mass is 10.1. The molecule has 0 saturated heterocycles. The van der Waals surface area contributed by atoms with Gasteiger partial charge in [0.25, 0.3) is 0 Å². The highest BCUT2D eigenvalue weighted by atomic mass is 16.5. The molecule has 1 aromatic carbocycles. The Balaban J connectivity index is 2.01. The molecule has 98 valence electrons. The maximum absolute atomic E-state index is 11.6. The monoisotopic (exact) mass is 246 g/mol. The minimum Gasteiger partial charge on any atom is -0.462 e. The zero-order valence-corrected chi connectivity index (χ0v) is 10.9. The van der Waals surface area contributed by atoms with Crippen molar-refractivity contribution >= 4 is 5.97 Å². The summed E-state index contributed by atoms with van der Waals surface area (Å²) in [6.45, 7) is 4.22. The fourth-order valence-corrected chi connectivity index (χ4v) is 1.74. The molecule has 0 saturated carbocycles. The molecule has 0 bridgehead atoms. The molecule has 0 aliphatic heterocycles. The number of hydrogen-bond donors (Lipinski definition) is 0. The van der Waals surface area contributed by atoms with Crippen molar-refractivity contribution < 1.29 is 9.53 Å². The fourth-order valence-electron chi connectivity index (χ4n) is 1.74. The summed E-state index contributed by atoms with van der Waals surface area (Å²) in [5.74, 6) is -0.220. The van der Waals surface area contributed by atoms with Gasteiger partial charge in [-0.05, 0) is 31.4 Å². The summed E-state index contributed by atoms with van der Waals surface area (Å²) in [6, 6.07) is 9.13. The number of carbonyl (C=O) groups excluding carboxylic acids is 1. The van der Waals surface area contributed by atoms with E-state index in [0.717, 1.165) is 19.3 Å². The van der Waals surface area contributed by atoms with Gasteiger partial charge in [0.15, 0.2) is 0 Å². The van der Waals surface area contributed by atoms with Gasteiger partial charge < -0.3 is 4.74 Å². The van der Waals surface area contributed by atoms with Gasteiger partial charge in [-0.3, -0.25) is 0 Å². The maximum Gasteiger partial charge on any atom is 0.338 e. The van der Waals surface area contributed by atoms with Gasteiger partial charge in [-0.15, -0.1) is 6.58 Å². The maximum atomic E-state index is 11.6. The number of rotatable bonds is 9. The summed E-state index contributed by atoms with van der Waals surface area (Å²) < 4.78 is 5.20. The first kappa shape index (κ1) is 14.5. The summed E-state index contributed by atoms with van der Waals surface area (Å²) in [6.07, 6.45) is 8.79. The molecule has 0 aliphatic rings. The minimum absolute atomic E-state index is 0.220. The van der Waals surface area contributed by atoms with Gasteiger partial charge in [0.2, 0.25) is 0 Å². The quantitative estimate of drug-likeness (QED) is 0.367. The average molecular weight is 246 g/mol. The van der Waals surface area contributed by atoms with E-state index >= 15 is 0 Å². The van der Waals surface area contributed by atoms with Crippen LogP contribution in [0, 0.1) is 0 Å². The Morgan fingerprint density at radius 2 is 1.72 bits per heavy atom. The lowest BCUT2D eigenvalue weighted by Crippen LogP contribution is -2.06. The van der Waals surface area contributed by atoms with Crippen molar-refractivity contribution in [3.05, 3.63) is 48.6 Å². The molecule has 2 nitrogen and oxygen atoms in total. The van der Waals surface area contributed by atoms with Gasteiger partial charge >= 0.3 is 5.97 Å². The lowest BCUT2D eigenvalue weighted by Gasteiger charge is -2.04. The van der Waals surface area contributed by atoms with Crippen molar-refractivity contribution in [2.24, 2.45) is 0 Å². The van der Waals surface area contributed by atoms with E-state index in [1.54, 1.807) is 12.1 Å². The van der Waals surface area contributed by atoms with Crippen LogP contribution in [0.1, 0.15) is 48.9 Å². The first-order valence-electron chi connectivity index (χ1n) is 6.67. The molecular weight excluding hydrogens is 224 g/mol. The summed E-state index contributed by atoms with van der Waals surface area (Å²) in [5.41, 5.74) is 0.628. The van der Waals surface area contributed by atoms with Crippen LogP contribution in [0.3, 0.4) is 0 Å². The van der Waals surface area contributed by atoms with E-state index in [0.29, 0.717) is 12.2 Å². The van der Waals surface area contributed by atoms with E-state index < -0.39 is 0 Å². The largest absolute Gasteiger partial charge is 0.462 e. The van der Waals surface area contributed by atoms with Crippen LogP contribution in [0.15, 0.2) is 43.0 Å². The zero-order chi connectivity index (χ0) is 13.1. The van der Waals surface area contributed by atoms with E-state index in [4.69, 9.17) is 4.74 Å². The Hall–Kier alpha value is -1.57. The second kappa shape index (κ2) is 9.46. The molecule has 0 aliphatic carbocycles. The van der Waals surface area contributed by atoms with Crippen molar-refractivity contribution in [3.8, 4) is 0 Å². The van der Waals surface area contributed by atoms with Crippen LogP contribution in [-0.2, 0) is 4.74 Å². The van der Waals surface area contributed by atoms with Crippen molar-refractivity contribution in [1.29, 1.82) is 0 Å². The summed E-state index contributed by atoms with van der Waals surface area (Å²) in [5, 5.41) is 0. The van der Waals surface area contributed by atoms with Gasteiger partial charge in [-0.25, -0.2) is 4.79 Å². The van der Waals surface area contributed by atoms with E-state index in [-0.39, 0.29) is 5.97 Å². The Kier molecular flexibility index (Phi) is 7.61. The highest BCUT2D eigenvalue weighted by Crippen LogP contribution is 2.07. The number of benzene rings is 1. The SMILES string of the molecule is C=CCCCCCCCOC(=O)c1ccccc1. The fraction of sp³-hybridized carbons (Fsp3) is 0.438. The molecule has 0 atom stereocenters. The molecule has 0 radical (unpaired) electrons. The van der Waals surface area contributed by atoms with Crippen molar-refractivity contribution in [2.45, 2.75) is 38.5 Å². The number of unbranched alkanes of at least 4 members (excludes halogenated alkanes) is 5. The summed E-state index contributed by atoms with van der Waals surface area (Å²) in [4.78, 5) is 11.6. The molecule has 1 rings (SSSR count). The molecule has 0 aromatic heterocycles. The van der Waals surface area contributed by atoms with E-state index in [1.165, 1.54) is 19.3 Å². The minimum atomic E-state index is -0.220. The third-order valence-corrected chi connectivity index (χ3v) is 2.80. The highest BCUT2D eigenvalue weighted by Gasteiger charge is 2.04. The summed E-state index contributed by atoms with van der Waals surface area (Å²) in [7, 11) is 0. The first-order valence-corrected chi connectivity index (χ1v) is 6.67. The molecular formula is C16H22O2. The van der Waals surface area contributed by atoms with E-state index in [1.807, 2.05) is 24.3 Å². The number of ether oxygens (including phenoxy) is 1. The van der Waals surface area contributed by atoms with Crippen LogP contribution >= 0.6 is 0 Å². The first-order chi connectivity index (χ1) is 8.84. The molecule has 0 amide bonds. The van der Waals surface area contributed by atoms with Crippen LogP contribution in [0.2, 0.25) is 0 Å². The van der Waals surface area contributed by atoms with E-state index in [2.05, 4.69) is 6.58 Å². The van der Waals surface area contributed by atoms with Gasteiger partial charge in [0.1, 0.15) is 0 Å². The Labute approximate surface area is 110 Å². The third kappa shape index (κ3) is 6.24. The number of carbonyl (C=O) groups is 1. The van der Waals surface area contributed by atoms with Crippen LogP contribution in [0.4, 0.5) is 0 Å². The molecule has 2 heteroatoms. The lowest BCUT2D eigenvalue weighted by molar-refractivity contribution is 0.0497. The smallest absolute Gasteiger partial charge is 0.338 e. The predicted molar refractivity (Wildman–Crippen MR) is 74.6 cm³/mol. The molecule has 0 unspecified atom stereocenters. The molecule has 0 fully saturated rings. The van der Waals surface area contributed by atoms with Gasteiger partial charge in [-0.2, -0.15) is 0 Å². The topological polar surface area (TPSA) is 26.3 Å². The average Bonchev–Trinajstić information content (AvgIpc) is 2.42.